The number of benzene rings is 1. The Morgan fingerprint density at radius 3 is 2.68 bits per heavy atom. The van der Waals surface area contributed by atoms with Gasteiger partial charge in [0.15, 0.2) is 11.5 Å². The Morgan fingerprint density at radius 2 is 2.00 bits per heavy atom. The Bertz CT molecular complexity index is 950. The van der Waals surface area contributed by atoms with E-state index in [0.717, 1.165) is 35.9 Å². The number of hydrogen-bond donors (Lipinski definition) is 0. The Morgan fingerprint density at radius 1 is 1.26 bits per heavy atom. The Hall–Kier alpha value is -2.63. The summed E-state index contributed by atoms with van der Waals surface area (Å²) in [5.41, 5.74) is 0.564. The number of thioether (sulfide) groups is 1. The average Bonchev–Trinajstić information content (AvgIpc) is 3.01. The molecule has 2 heterocycles. The fourth-order valence-corrected chi connectivity index (χ4v) is 4.47. The summed E-state index contributed by atoms with van der Waals surface area (Å²) in [6, 6.07) is 3.26. The van der Waals surface area contributed by atoms with Gasteiger partial charge in [-0.3, -0.25) is 19.3 Å². The van der Waals surface area contributed by atoms with Gasteiger partial charge in [0.25, 0.3) is 11.1 Å². The molecule has 7 nitrogen and oxygen atoms in total. The summed E-state index contributed by atoms with van der Waals surface area (Å²) in [7, 11) is 0. The minimum Gasteiger partial charge on any atom is -0.490 e. The van der Waals surface area contributed by atoms with E-state index in [4.69, 9.17) is 27.5 Å². The van der Waals surface area contributed by atoms with Crippen LogP contribution in [0.2, 0.25) is 5.02 Å². The lowest BCUT2D eigenvalue weighted by Gasteiger charge is -2.27. The van der Waals surface area contributed by atoms with E-state index >= 15 is 0 Å². The zero-order valence-corrected chi connectivity index (χ0v) is 18.8. The fraction of sp³-hybridized carbons (Fsp3) is 0.409. The molecule has 0 N–H and O–H groups in total. The van der Waals surface area contributed by atoms with Gasteiger partial charge in [0.05, 0.1) is 16.5 Å². The van der Waals surface area contributed by atoms with Crippen molar-refractivity contribution in [1.82, 2.24) is 9.80 Å². The predicted octanol–water partition coefficient (Wildman–Crippen LogP) is 3.80. The van der Waals surface area contributed by atoms with Gasteiger partial charge in [0.2, 0.25) is 5.91 Å². The third-order valence-corrected chi connectivity index (χ3v) is 5.99. The van der Waals surface area contributed by atoms with Crippen LogP contribution in [0.5, 0.6) is 11.5 Å². The molecule has 0 bridgehead atoms. The second-order valence-corrected chi connectivity index (χ2v) is 8.37. The lowest BCUT2D eigenvalue weighted by molar-refractivity contribution is -0.136. The zero-order chi connectivity index (χ0) is 22.4. The molecule has 164 valence electrons. The number of likely N-dealkylation sites (tertiary alicyclic amines) is 1. The molecule has 0 aromatic heterocycles. The van der Waals surface area contributed by atoms with E-state index in [-0.39, 0.29) is 29.0 Å². The number of terminal acetylenes is 1. The van der Waals surface area contributed by atoms with Gasteiger partial charge >= 0.3 is 0 Å². The molecule has 0 radical (unpaired) electrons. The summed E-state index contributed by atoms with van der Waals surface area (Å²) >= 11 is 7.11. The van der Waals surface area contributed by atoms with Crippen LogP contribution in [-0.4, -0.2) is 59.7 Å². The molecule has 2 aliphatic heterocycles. The quantitative estimate of drug-likeness (QED) is 0.453. The molecule has 9 heteroatoms. The van der Waals surface area contributed by atoms with Gasteiger partial charge in [-0.05, 0) is 61.7 Å². The molecule has 0 aliphatic carbocycles. The largest absolute Gasteiger partial charge is 0.490 e. The van der Waals surface area contributed by atoms with Gasteiger partial charge in [0, 0.05) is 13.1 Å². The lowest BCUT2D eigenvalue weighted by atomic mass is 10.1. The van der Waals surface area contributed by atoms with E-state index in [2.05, 4.69) is 5.92 Å². The molecule has 1 aromatic rings. The van der Waals surface area contributed by atoms with Crippen LogP contribution in [-0.2, 0) is 9.59 Å². The third-order valence-electron chi connectivity index (χ3n) is 4.81. The molecule has 1 aromatic carbocycles. The molecule has 2 fully saturated rings. The first-order valence-electron chi connectivity index (χ1n) is 10.00. The monoisotopic (exact) mass is 462 g/mol. The molecular weight excluding hydrogens is 440 g/mol. The van der Waals surface area contributed by atoms with E-state index in [1.807, 2.05) is 6.92 Å². The number of amides is 3. The van der Waals surface area contributed by atoms with Crippen LogP contribution in [0.4, 0.5) is 4.79 Å². The average molecular weight is 463 g/mol. The van der Waals surface area contributed by atoms with Crippen LogP contribution in [0.3, 0.4) is 0 Å². The lowest BCUT2D eigenvalue weighted by Crippen LogP contribution is -2.44. The number of piperidine rings is 1. The number of imide groups is 1. The van der Waals surface area contributed by atoms with Crippen molar-refractivity contribution in [2.75, 3.05) is 32.8 Å². The Balaban J connectivity index is 1.78. The first-order valence-corrected chi connectivity index (χ1v) is 11.2. The molecule has 3 amide bonds. The molecule has 31 heavy (non-hydrogen) atoms. The highest BCUT2D eigenvalue weighted by atomic mass is 35.5. The molecular formula is C22H23ClN2O5S. The van der Waals surface area contributed by atoms with Crippen molar-refractivity contribution in [3.63, 3.8) is 0 Å². The number of ether oxygens (including phenoxy) is 2. The SMILES string of the molecule is C#CCOc1c(Cl)cc(C=C2SC(=O)N(CC(=O)N3CCCCC3)C2=O)cc1OCC. The summed E-state index contributed by atoms with van der Waals surface area (Å²) in [6.07, 6.45) is 9.77. The van der Waals surface area contributed by atoms with Gasteiger partial charge in [-0.15, -0.1) is 6.42 Å². The van der Waals surface area contributed by atoms with Crippen LogP contribution in [0, 0.1) is 12.3 Å². The maximum Gasteiger partial charge on any atom is 0.294 e. The van der Waals surface area contributed by atoms with Gasteiger partial charge in [-0.1, -0.05) is 17.5 Å². The third kappa shape index (κ3) is 5.54. The van der Waals surface area contributed by atoms with E-state index in [1.54, 1.807) is 23.1 Å². The number of halogens is 1. The van der Waals surface area contributed by atoms with Crippen molar-refractivity contribution in [3.8, 4) is 23.8 Å². The summed E-state index contributed by atoms with van der Waals surface area (Å²) in [4.78, 5) is 40.6. The molecule has 3 rings (SSSR count). The van der Waals surface area contributed by atoms with Gasteiger partial charge < -0.3 is 14.4 Å². The molecule has 0 saturated carbocycles. The van der Waals surface area contributed by atoms with E-state index in [0.29, 0.717) is 36.8 Å². The maximum absolute atomic E-state index is 12.8. The number of carbonyl (C=O) groups is 3. The predicted molar refractivity (Wildman–Crippen MR) is 120 cm³/mol. The van der Waals surface area contributed by atoms with Crippen LogP contribution in [0.1, 0.15) is 31.7 Å². The number of rotatable bonds is 7. The molecule has 0 atom stereocenters. The first-order chi connectivity index (χ1) is 14.9. The number of carbonyl (C=O) groups excluding carboxylic acids is 3. The van der Waals surface area contributed by atoms with Crippen molar-refractivity contribution in [1.29, 1.82) is 0 Å². The standard InChI is InChI=1S/C22H23ClN2O5S/c1-3-10-30-20-16(23)11-15(12-17(20)29-4-2)13-18-21(27)25(22(28)31-18)14-19(26)24-8-6-5-7-9-24/h1,11-13H,4-10,14H2,2H3. The molecule has 0 unspecified atom stereocenters. The van der Waals surface area contributed by atoms with Gasteiger partial charge in [-0.2, -0.15) is 0 Å². The second kappa shape index (κ2) is 10.6. The minimum atomic E-state index is -0.498. The maximum atomic E-state index is 12.8. The topological polar surface area (TPSA) is 76.2 Å². The highest BCUT2D eigenvalue weighted by molar-refractivity contribution is 8.18. The minimum absolute atomic E-state index is 0.0308. The van der Waals surface area contributed by atoms with Gasteiger partial charge in [0.1, 0.15) is 13.2 Å². The van der Waals surface area contributed by atoms with Crippen LogP contribution in [0.25, 0.3) is 6.08 Å². The fourth-order valence-electron chi connectivity index (χ4n) is 3.35. The molecule has 2 saturated heterocycles. The van der Waals surface area contributed by atoms with Crippen LogP contribution < -0.4 is 9.47 Å². The molecule has 0 spiro atoms. The van der Waals surface area contributed by atoms with E-state index in [9.17, 15) is 14.4 Å². The summed E-state index contributed by atoms with van der Waals surface area (Å²) in [5, 5.41) is -0.196. The van der Waals surface area contributed by atoms with Crippen molar-refractivity contribution in [3.05, 3.63) is 27.6 Å². The summed E-state index contributed by atoms with van der Waals surface area (Å²) in [6.45, 7) is 3.31. The van der Waals surface area contributed by atoms with Gasteiger partial charge in [-0.25, -0.2) is 0 Å². The Kier molecular flexibility index (Phi) is 7.88. The number of hydrogen-bond acceptors (Lipinski definition) is 6. The second-order valence-electron chi connectivity index (χ2n) is 6.97. The normalized spacial score (nSPS) is 17.8. The highest BCUT2D eigenvalue weighted by Gasteiger charge is 2.37. The Labute approximate surface area is 190 Å². The molecule has 2 aliphatic rings. The van der Waals surface area contributed by atoms with Crippen molar-refractivity contribution < 1.29 is 23.9 Å². The van der Waals surface area contributed by atoms with Crippen LogP contribution in [0.15, 0.2) is 17.0 Å². The first kappa shape index (κ1) is 23.0. The van der Waals surface area contributed by atoms with E-state index in [1.165, 1.54) is 0 Å². The van der Waals surface area contributed by atoms with E-state index < -0.39 is 11.1 Å². The zero-order valence-electron chi connectivity index (χ0n) is 17.2. The summed E-state index contributed by atoms with van der Waals surface area (Å²) in [5.74, 6) is 2.37. The summed E-state index contributed by atoms with van der Waals surface area (Å²) < 4.78 is 11.0. The van der Waals surface area contributed by atoms with Crippen molar-refractivity contribution in [2.24, 2.45) is 0 Å². The smallest absolute Gasteiger partial charge is 0.294 e. The highest BCUT2D eigenvalue weighted by Crippen LogP contribution is 2.39. The van der Waals surface area contributed by atoms with Crippen LogP contribution >= 0.6 is 23.4 Å². The van der Waals surface area contributed by atoms with Crippen molar-refractivity contribution in [2.45, 2.75) is 26.2 Å². The van der Waals surface area contributed by atoms with Crippen molar-refractivity contribution >= 4 is 46.5 Å². The number of nitrogens with zero attached hydrogens (tertiary/aromatic N) is 2.